The molecule has 0 saturated heterocycles. The minimum Gasteiger partial charge on any atom is -0.496 e. The van der Waals surface area contributed by atoms with Crippen molar-refractivity contribution in [3.8, 4) is 5.75 Å². The first kappa shape index (κ1) is 21.1. The van der Waals surface area contributed by atoms with E-state index in [0.717, 1.165) is 47.2 Å². The number of nitrogens with one attached hydrogen (secondary N) is 1. The number of thiophene rings is 1. The van der Waals surface area contributed by atoms with Crippen LogP contribution in [0.2, 0.25) is 0 Å². The fourth-order valence-electron chi connectivity index (χ4n) is 5.11. The number of methoxy groups -OCH3 is 1. The molecular weight excluding hydrogens is 422 g/mol. The number of benzene rings is 1. The second kappa shape index (κ2) is 8.28. The summed E-state index contributed by atoms with van der Waals surface area (Å²) in [6.07, 6.45) is 5.52. The SMILES string of the molecule is COc1ccccc1CN1C(=O)c2cc3sccc3n2C[C@@]1(C)C(=O)NC1CCCCC1. The molecule has 0 radical (unpaired) electrons. The zero-order chi connectivity index (χ0) is 22.3. The number of hydrogen-bond donors (Lipinski definition) is 1. The fourth-order valence-corrected chi connectivity index (χ4v) is 5.93. The van der Waals surface area contributed by atoms with Crippen LogP contribution in [-0.4, -0.2) is 40.0 Å². The summed E-state index contributed by atoms with van der Waals surface area (Å²) >= 11 is 1.62. The monoisotopic (exact) mass is 451 g/mol. The van der Waals surface area contributed by atoms with Crippen molar-refractivity contribution in [1.29, 1.82) is 0 Å². The number of ether oxygens (including phenoxy) is 1. The van der Waals surface area contributed by atoms with E-state index in [1.165, 1.54) is 6.42 Å². The molecule has 3 aromatic rings. The van der Waals surface area contributed by atoms with Gasteiger partial charge in [-0.2, -0.15) is 0 Å². The number of fused-ring (bicyclic) bond motifs is 3. The highest BCUT2D eigenvalue weighted by Gasteiger charge is 2.48. The van der Waals surface area contributed by atoms with Crippen molar-refractivity contribution in [3.63, 3.8) is 0 Å². The number of nitrogens with zero attached hydrogens (tertiary/aromatic N) is 2. The number of carbonyl (C=O) groups excluding carboxylic acids is 2. The molecule has 5 rings (SSSR count). The Hall–Kier alpha value is -2.80. The first-order valence-corrected chi connectivity index (χ1v) is 12.2. The van der Waals surface area contributed by atoms with Crippen molar-refractivity contribution in [2.45, 2.75) is 63.7 Å². The van der Waals surface area contributed by atoms with Gasteiger partial charge < -0.3 is 19.5 Å². The molecule has 1 N–H and O–H groups in total. The molecule has 0 bridgehead atoms. The van der Waals surface area contributed by atoms with Crippen molar-refractivity contribution in [2.75, 3.05) is 7.11 Å². The first-order valence-electron chi connectivity index (χ1n) is 11.3. The van der Waals surface area contributed by atoms with Gasteiger partial charge in [0.05, 0.1) is 30.4 Å². The van der Waals surface area contributed by atoms with Gasteiger partial charge in [-0.05, 0) is 43.3 Å². The number of amides is 2. The summed E-state index contributed by atoms with van der Waals surface area (Å²) in [5.41, 5.74) is 1.55. The van der Waals surface area contributed by atoms with Crippen molar-refractivity contribution < 1.29 is 14.3 Å². The quantitative estimate of drug-likeness (QED) is 0.618. The molecule has 1 saturated carbocycles. The average molecular weight is 452 g/mol. The molecule has 1 fully saturated rings. The lowest BCUT2D eigenvalue weighted by Gasteiger charge is -2.45. The van der Waals surface area contributed by atoms with E-state index in [1.54, 1.807) is 23.3 Å². The summed E-state index contributed by atoms with van der Waals surface area (Å²) in [4.78, 5) is 29.3. The molecule has 6 nitrogen and oxygen atoms in total. The maximum atomic E-state index is 13.8. The molecule has 2 aromatic heterocycles. The summed E-state index contributed by atoms with van der Waals surface area (Å²) in [6, 6.07) is 11.9. The molecule has 168 valence electrons. The van der Waals surface area contributed by atoms with E-state index in [-0.39, 0.29) is 17.9 Å². The number of hydrogen-bond acceptors (Lipinski definition) is 4. The molecule has 2 aliphatic rings. The molecule has 0 unspecified atom stereocenters. The maximum Gasteiger partial charge on any atom is 0.271 e. The summed E-state index contributed by atoms with van der Waals surface area (Å²) in [6.45, 7) is 2.65. The van der Waals surface area contributed by atoms with Gasteiger partial charge in [-0.1, -0.05) is 37.5 Å². The maximum absolute atomic E-state index is 13.8. The lowest BCUT2D eigenvalue weighted by atomic mass is 9.91. The second-order valence-electron chi connectivity index (χ2n) is 9.07. The van der Waals surface area contributed by atoms with Gasteiger partial charge >= 0.3 is 0 Å². The van der Waals surface area contributed by atoms with Crippen LogP contribution >= 0.6 is 11.3 Å². The van der Waals surface area contributed by atoms with Gasteiger partial charge in [-0.25, -0.2) is 0 Å². The molecule has 1 aliphatic heterocycles. The average Bonchev–Trinajstić information content (AvgIpc) is 3.40. The number of carbonyl (C=O) groups is 2. The highest BCUT2D eigenvalue weighted by molar-refractivity contribution is 7.17. The molecule has 1 atom stereocenters. The van der Waals surface area contributed by atoms with Gasteiger partial charge in [0.2, 0.25) is 5.91 Å². The van der Waals surface area contributed by atoms with E-state index >= 15 is 0 Å². The summed E-state index contributed by atoms with van der Waals surface area (Å²) in [7, 11) is 1.63. The molecule has 0 spiro atoms. The fraction of sp³-hybridized carbons (Fsp3) is 0.440. The molecule has 7 heteroatoms. The summed E-state index contributed by atoms with van der Waals surface area (Å²) < 4.78 is 8.63. The smallest absolute Gasteiger partial charge is 0.271 e. The largest absolute Gasteiger partial charge is 0.496 e. The predicted molar refractivity (Wildman–Crippen MR) is 126 cm³/mol. The Kier molecular flexibility index (Phi) is 5.45. The first-order chi connectivity index (χ1) is 15.5. The van der Waals surface area contributed by atoms with Crippen LogP contribution in [0.1, 0.15) is 55.1 Å². The van der Waals surface area contributed by atoms with Crippen LogP contribution in [0.4, 0.5) is 0 Å². The van der Waals surface area contributed by atoms with E-state index < -0.39 is 5.54 Å². The Morgan fingerprint density at radius 1 is 1.22 bits per heavy atom. The third-order valence-electron chi connectivity index (χ3n) is 7.00. The van der Waals surface area contributed by atoms with Crippen molar-refractivity contribution in [2.24, 2.45) is 0 Å². The van der Waals surface area contributed by atoms with Crippen LogP contribution in [0, 0.1) is 0 Å². The Morgan fingerprint density at radius 3 is 2.78 bits per heavy atom. The lowest BCUT2D eigenvalue weighted by Crippen LogP contribution is -2.64. The minimum atomic E-state index is -1.00. The minimum absolute atomic E-state index is 0.0737. The zero-order valence-corrected chi connectivity index (χ0v) is 19.4. The summed E-state index contributed by atoms with van der Waals surface area (Å²) in [5.74, 6) is 0.527. The third-order valence-corrected chi connectivity index (χ3v) is 7.85. The van der Waals surface area contributed by atoms with Crippen LogP contribution in [0.15, 0.2) is 41.8 Å². The molecule has 1 aromatic carbocycles. The van der Waals surface area contributed by atoms with E-state index in [2.05, 4.69) is 5.32 Å². The van der Waals surface area contributed by atoms with Gasteiger partial charge in [0.25, 0.3) is 5.91 Å². The van der Waals surface area contributed by atoms with E-state index in [0.29, 0.717) is 18.8 Å². The number of para-hydroxylation sites is 1. The van der Waals surface area contributed by atoms with Crippen molar-refractivity contribution in [3.05, 3.63) is 53.0 Å². The van der Waals surface area contributed by atoms with Crippen molar-refractivity contribution in [1.82, 2.24) is 14.8 Å². The van der Waals surface area contributed by atoms with Crippen molar-refractivity contribution >= 4 is 33.4 Å². The highest BCUT2D eigenvalue weighted by atomic mass is 32.1. The highest BCUT2D eigenvalue weighted by Crippen LogP contribution is 2.36. The number of aromatic nitrogens is 1. The zero-order valence-electron chi connectivity index (χ0n) is 18.6. The van der Waals surface area contributed by atoms with Crippen LogP contribution in [0.3, 0.4) is 0 Å². The third kappa shape index (κ3) is 3.48. The molecular formula is C25H29N3O3S. The Labute approximate surface area is 192 Å². The van der Waals surface area contributed by atoms with E-state index in [9.17, 15) is 9.59 Å². The second-order valence-corrected chi connectivity index (χ2v) is 10.0. The normalized spacial score (nSPS) is 21.6. The van der Waals surface area contributed by atoms with E-state index in [1.807, 2.05) is 53.3 Å². The van der Waals surface area contributed by atoms with E-state index in [4.69, 9.17) is 4.74 Å². The Balaban J connectivity index is 1.54. The summed E-state index contributed by atoms with van der Waals surface area (Å²) in [5, 5.41) is 5.31. The van der Waals surface area contributed by atoms with Crippen LogP contribution in [-0.2, 0) is 17.9 Å². The molecule has 32 heavy (non-hydrogen) atoms. The van der Waals surface area contributed by atoms with Gasteiger partial charge in [0.15, 0.2) is 0 Å². The van der Waals surface area contributed by atoms with Gasteiger partial charge in [0.1, 0.15) is 17.0 Å². The molecule has 3 heterocycles. The van der Waals surface area contributed by atoms with Gasteiger partial charge in [-0.3, -0.25) is 9.59 Å². The molecule has 2 amide bonds. The Morgan fingerprint density at radius 2 is 2.00 bits per heavy atom. The molecule has 1 aliphatic carbocycles. The number of rotatable bonds is 5. The predicted octanol–water partition coefficient (Wildman–Crippen LogP) is 4.58. The standard InChI is InChI=1S/C25H29N3O3S/c1-25(24(30)26-18-9-4-3-5-10-18)16-27-19-12-13-32-22(19)14-20(27)23(29)28(25)15-17-8-6-7-11-21(17)31-2/h6-8,11-14,18H,3-5,9-10,15-16H2,1-2H3,(H,26,30)/t25-/m0/s1. The van der Waals surface area contributed by atoms with Gasteiger partial charge in [0, 0.05) is 11.6 Å². The van der Waals surface area contributed by atoms with Gasteiger partial charge in [-0.15, -0.1) is 11.3 Å². The lowest BCUT2D eigenvalue weighted by molar-refractivity contribution is -0.134. The topological polar surface area (TPSA) is 63.6 Å². The van der Waals surface area contributed by atoms with Crippen LogP contribution in [0.25, 0.3) is 10.2 Å². The Bertz CT molecular complexity index is 1160. The van der Waals surface area contributed by atoms with Crippen LogP contribution < -0.4 is 10.1 Å². The van der Waals surface area contributed by atoms with Crippen LogP contribution in [0.5, 0.6) is 5.75 Å².